The first-order valence-corrected chi connectivity index (χ1v) is 7.89. The molecule has 0 radical (unpaired) electrons. The smallest absolute Gasteiger partial charge is 0.184 e. The van der Waals surface area contributed by atoms with Crippen molar-refractivity contribution < 1.29 is 4.74 Å². The van der Waals surface area contributed by atoms with Crippen molar-refractivity contribution in [3.63, 3.8) is 0 Å². The Kier molecular flexibility index (Phi) is 4.06. The van der Waals surface area contributed by atoms with Crippen LogP contribution in [0.3, 0.4) is 0 Å². The summed E-state index contributed by atoms with van der Waals surface area (Å²) in [6.07, 6.45) is 0. The maximum absolute atomic E-state index is 5.52. The lowest BCUT2D eigenvalue weighted by atomic mass is 10.1. The number of hydrogen-bond donors (Lipinski definition) is 1. The number of rotatable bonds is 5. The Hall–Kier alpha value is -2.07. The van der Waals surface area contributed by atoms with Crippen LogP contribution in [-0.4, -0.2) is 11.6 Å². The molecule has 0 unspecified atom stereocenters. The Balaban J connectivity index is 1.75. The maximum Gasteiger partial charge on any atom is 0.184 e. The maximum atomic E-state index is 5.52. The Morgan fingerprint density at radius 3 is 2.90 bits per heavy atom. The second-order valence-electron chi connectivity index (χ2n) is 4.92. The van der Waals surface area contributed by atoms with Crippen molar-refractivity contribution in [1.82, 2.24) is 4.98 Å². The van der Waals surface area contributed by atoms with E-state index < -0.39 is 0 Å². The quantitative estimate of drug-likeness (QED) is 0.746. The van der Waals surface area contributed by atoms with E-state index in [-0.39, 0.29) is 0 Å². The van der Waals surface area contributed by atoms with E-state index in [0.717, 1.165) is 27.6 Å². The van der Waals surface area contributed by atoms with Gasteiger partial charge in [-0.3, -0.25) is 0 Å². The molecular weight excluding hydrogens is 280 g/mol. The number of thiazole rings is 1. The molecule has 0 atom stereocenters. The molecule has 0 saturated carbocycles. The van der Waals surface area contributed by atoms with Gasteiger partial charge in [0.1, 0.15) is 5.75 Å². The molecule has 1 N–H and O–H groups in total. The summed E-state index contributed by atoms with van der Waals surface area (Å²) in [5.41, 5.74) is 3.56. The Labute approximate surface area is 128 Å². The molecule has 3 nitrogen and oxygen atoms in total. The zero-order valence-electron chi connectivity index (χ0n) is 12.2. The van der Waals surface area contributed by atoms with Gasteiger partial charge in [-0.15, -0.1) is 0 Å². The first-order valence-electron chi connectivity index (χ1n) is 7.07. The highest BCUT2D eigenvalue weighted by molar-refractivity contribution is 7.22. The number of anilines is 1. The van der Waals surface area contributed by atoms with E-state index in [2.05, 4.69) is 41.5 Å². The lowest BCUT2D eigenvalue weighted by Crippen LogP contribution is -1.98. The van der Waals surface area contributed by atoms with Crippen LogP contribution in [0, 0.1) is 6.92 Å². The fourth-order valence-electron chi connectivity index (χ4n) is 2.24. The zero-order valence-corrected chi connectivity index (χ0v) is 13.0. The summed E-state index contributed by atoms with van der Waals surface area (Å²) in [6, 6.07) is 14.5. The summed E-state index contributed by atoms with van der Waals surface area (Å²) >= 11 is 1.66. The van der Waals surface area contributed by atoms with Crippen molar-refractivity contribution in [1.29, 1.82) is 0 Å². The number of ether oxygens (including phenoxy) is 1. The lowest BCUT2D eigenvalue weighted by molar-refractivity contribution is 0.341. The van der Waals surface area contributed by atoms with Gasteiger partial charge in [-0.25, -0.2) is 4.98 Å². The topological polar surface area (TPSA) is 34.1 Å². The molecule has 108 valence electrons. The van der Waals surface area contributed by atoms with Crippen LogP contribution >= 0.6 is 11.3 Å². The number of nitrogens with zero attached hydrogens (tertiary/aromatic N) is 1. The van der Waals surface area contributed by atoms with Crippen molar-refractivity contribution in [2.75, 3.05) is 11.9 Å². The van der Waals surface area contributed by atoms with Crippen molar-refractivity contribution in [3.8, 4) is 5.75 Å². The monoisotopic (exact) mass is 298 g/mol. The zero-order chi connectivity index (χ0) is 14.7. The number of nitrogens with one attached hydrogen (secondary N) is 1. The molecule has 21 heavy (non-hydrogen) atoms. The Morgan fingerprint density at radius 2 is 2.10 bits per heavy atom. The molecule has 4 heteroatoms. The van der Waals surface area contributed by atoms with Gasteiger partial charge >= 0.3 is 0 Å². The summed E-state index contributed by atoms with van der Waals surface area (Å²) in [4.78, 5) is 4.60. The number of hydrogen-bond acceptors (Lipinski definition) is 4. The largest absolute Gasteiger partial charge is 0.494 e. The van der Waals surface area contributed by atoms with Gasteiger partial charge < -0.3 is 10.1 Å². The third kappa shape index (κ3) is 3.34. The van der Waals surface area contributed by atoms with Crippen LogP contribution in [0.1, 0.15) is 18.1 Å². The van der Waals surface area contributed by atoms with Gasteiger partial charge in [0.25, 0.3) is 0 Å². The van der Waals surface area contributed by atoms with Gasteiger partial charge in [-0.2, -0.15) is 0 Å². The van der Waals surface area contributed by atoms with E-state index >= 15 is 0 Å². The fraction of sp³-hybridized carbons (Fsp3) is 0.235. The first-order chi connectivity index (χ1) is 10.2. The van der Waals surface area contributed by atoms with Gasteiger partial charge in [-0.1, -0.05) is 41.2 Å². The highest BCUT2D eigenvalue weighted by atomic mass is 32.1. The molecule has 0 saturated heterocycles. The van der Waals surface area contributed by atoms with E-state index in [9.17, 15) is 0 Å². The van der Waals surface area contributed by atoms with Crippen LogP contribution in [0.2, 0.25) is 0 Å². The lowest BCUT2D eigenvalue weighted by Gasteiger charge is -2.03. The Bertz CT molecular complexity index is 751. The molecule has 0 fully saturated rings. The predicted molar refractivity (Wildman–Crippen MR) is 89.3 cm³/mol. The molecule has 0 aliphatic carbocycles. The van der Waals surface area contributed by atoms with Gasteiger partial charge in [0.05, 0.1) is 16.8 Å². The Morgan fingerprint density at radius 1 is 1.19 bits per heavy atom. The van der Waals surface area contributed by atoms with Gasteiger partial charge in [0.15, 0.2) is 5.13 Å². The summed E-state index contributed by atoms with van der Waals surface area (Å²) in [7, 11) is 0. The van der Waals surface area contributed by atoms with E-state index in [4.69, 9.17) is 4.74 Å². The molecular formula is C17H18N2OS. The van der Waals surface area contributed by atoms with Gasteiger partial charge in [0.2, 0.25) is 0 Å². The second kappa shape index (κ2) is 6.14. The summed E-state index contributed by atoms with van der Waals surface area (Å²) in [5, 5.41) is 4.34. The third-order valence-electron chi connectivity index (χ3n) is 3.20. The number of aryl methyl sites for hydroxylation is 1. The highest BCUT2D eigenvalue weighted by Gasteiger charge is 2.05. The average Bonchev–Trinajstić information content (AvgIpc) is 2.88. The molecule has 3 rings (SSSR count). The van der Waals surface area contributed by atoms with E-state index in [1.807, 2.05) is 25.1 Å². The minimum absolute atomic E-state index is 0.683. The number of aromatic nitrogens is 1. The van der Waals surface area contributed by atoms with Crippen LogP contribution in [0.15, 0.2) is 42.5 Å². The normalized spacial score (nSPS) is 10.8. The van der Waals surface area contributed by atoms with Crippen LogP contribution in [0.5, 0.6) is 5.75 Å². The summed E-state index contributed by atoms with van der Waals surface area (Å²) in [6.45, 7) is 5.57. The minimum atomic E-state index is 0.683. The molecule has 1 heterocycles. The molecule has 0 bridgehead atoms. The fourth-order valence-corrected chi connectivity index (χ4v) is 3.13. The number of benzene rings is 2. The van der Waals surface area contributed by atoms with Crippen LogP contribution in [0.25, 0.3) is 10.2 Å². The molecule has 3 aromatic rings. The molecule has 0 aliphatic rings. The van der Waals surface area contributed by atoms with E-state index in [1.165, 1.54) is 11.1 Å². The van der Waals surface area contributed by atoms with Crippen LogP contribution < -0.4 is 10.1 Å². The molecule has 1 aromatic heterocycles. The van der Waals surface area contributed by atoms with Crippen molar-refractivity contribution >= 4 is 26.7 Å². The molecule has 0 amide bonds. The average molecular weight is 298 g/mol. The van der Waals surface area contributed by atoms with Gasteiger partial charge in [0, 0.05) is 6.54 Å². The summed E-state index contributed by atoms with van der Waals surface area (Å²) < 4.78 is 6.67. The third-order valence-corrected chi connectivity index (χ3v) is 4.17. The van der Waals surface area contributed by atoms with Crippen molar-refractivity contribution in [2.45, 2.75) is 20.4 Å². The van der Waals surface area contributed by atoms with Crippen LogP contribution in [0.4, 0.5) is 5.13 Å². The predicted octanol–water partition coefficient (Wildman–Crippen LogP) is 4.62. The van der Waals surface area contributed by atoms with E-state index in [0.29, 0.717) is 6.61 Å². The minimum Gasteiger partial charge on any atom is -0.494 e. The van der Waals surface area contributed by atoms with Gasteiger partial charge in [-0.05, 0) is 37.6 Å². The standard InChI is InChI=1S/C17H18N2OS/c1-3-20-14-7-8-15-16(10-14)21-17(19-15)18-11-13-6-4-5-12(2)9-13/h4-10H,3,11H2,1-2H3,(H,18,19). The highest BCUT2D eigenvalue weighted by Crippen LogP contribution is 2.29. The summed E-state index contributed by atoms with van der Waals surface area (Å²) in [5.74, 6) is 0.902. The molecule has 0 spiro atoms. The number of fused-ring (bicyclic) bond motifs is 1. The van der Waals surface area contributed by atoms with Crippen LogP contribution in [-0.2, 0) is 6.54 Å². The van der Waals surface area contributed by atoms with Crippen molar-refractivity contribution in [3.05, 3.63) is 53.6 Å². The molecule has 2 aromatic carbocycles. The van der Waals surface area contributed by atoms with Crippen molar-refractivity contribution in [2.24, 2.45) is 0 Å². The molecule has 0 aliphatic heterocycles. The second-order valence-corrected chi connectivity index (χ2v) is 5.95. The first kappa shape index (κ1) is 13.9. The SMILES string of the molecule is CCOc1ccc2nc(NCc3cccc(C)c3)sc2c1. The van der Waals surface area contributed by atoms with E-state index in [1.54, 1.807) is 11.3 Å².